The third-order valence-electron chi connectivity index (χ3n) is 6.14. The van der Waals surface area contributed by atoms with Gasteiger partial charge in [0.2, 0.25) is 5.91 Å². The monoisotopic (exact) mass is 461 g/mol. The van der Waals surface area contributed by atoms with Crippen LogP contribution in [0.3, 0.4) is 0 Å². The van der Waals surface area contributed by atoms with E-state index in [-0.39, 0.29) is 23.6 Å². The van der Waals surface area contributed by atoms with Gasteiger partial charge in [0, 0.05) is 16.4 Å². The lowest BCUT2D eigenvalue weighted by Crippen LogP contribution is -2.44. The first kappa shape index (κ1) is 22.1. The highest BCUT2D eigenvalue weighted by molar-refractivity contribution is 5.99. The Morgan fingerprint density at radius 3 is 2.38 bits per heavy atom. The highest BCUT2D eigenvalue weighted by atomic mass is 19.1. The Kier molecular flexibility index (Phi) is 5.15. The molecule has 34 heavy (non-hydrogen) atoms. The molecule has 0 bridgehead atoms. The molecular formula is C27H25F2N3O2. The van der Waals surface area contributed by atoms with Crippen molar-refractivity contribution in [3.63, 3.8) is 0 Å². The van der Waals surface area contributed by atoms with Crippen LogP contribution in [-0.2, 0) is 4.79 Å². The van der Waals surface area contributed by atoms with Crippen LogP contribution in [0.2, 0.25) is 0 Å². The first-order valence-electron chi connectivity index (χ1n) is 11.2. The molecule has 0 aliphatic carbocycles. The van der Waals surface area contributed by atoms with E-state index < -0.39 is 11.5 Å². The van der Waals surface area contributed by atoms with Crippen LogP contribution in [0.15, 0.2) is 66.9 Å². The van der Waals surface area contributed by atoms with Crippen molar-refractivity contribution < 1.29 is 18.3 Å². The Morgan fingerprint density at radius 2 is 1.68 bits per heavy atom. The van der Waals surface area contributed by atoms with Crippen LogP contribution in [0, 0.1) is 17.0 Å². The molecule has 1 amide bonds. The molecule has 3 aromatic carbocycles. The molecule has 0 fully saturated rings. The van der Waals surface area contributed by atoms with Gasteiger partial charge >= 0.3 is 0 Å². The number of hydrogen-bond donors (Lipinski definition) is 0. The van der Waals surface area contributed by atoms with Gasteiger partial charge in [0.1, 0.15) is 23.5 Å². The number of hydrogen-bond acceptors (Lipinski definition) is 3. The maximum absolute atomic E-state index is 14.2. The number of nitrogens with zero attached hydrogens (tertiary/aromatic N) is 3. The van der Waals surface area contributed by atoms with Crippen molar-refractivity contribution >= 4 is 22.5 Å². The lowest BCUT2D eigenvalue weighted by Gasteiger charge is -2.31. The quantitative estimate of drug-likeness (QED) is 0.365. The lowest BCUT2D eigenvalue weighted by molar-refractivity contribution is -0.126. The number of carbonyl (C=O) groups excluding carboxylic acids is 1. The number of fused-ring (bicyclic) bond motifs is 2. The summed E-state index contributed by atoms with van der Waals surface area (Å²) in [6, 6.07) is 15.8. The second-order valence-corrected chi connectivity index (χ2v) is 9.66. The van der Waals surface area contributed by atoms with Crippen LogP contribution in [-0.4, -0.2) is 21.7 Å². The number of anilines is 1. The summed E-state index contributed by atoms with van der Waals surface area (Å²) < 4.78 is 35.5. The number of aromatic nitrogens is 2. The van der Waals surface area contributed by atoms with E-state index in [0.29, 0.717) is 17.0 Å². The zero-order chi connectivity index (χ0) is 24.2. The van der Waals surface area contributed by atoms with Crippen LogP contribution in [0.25, 0.3) is 16.6 Å². The van der Waals surface area contributed by atoms with Gasteiger partial charge in [-0.05, 0) is 67.6 Å². The Labute approximate surface area is 196 Å². The molecule has 4 aromatic rings. The standard InChI is InChI=1S/C27H25F2N3O2/c1-16-25(22-14-19(29)7-11-24(22)31(16)26(33)27(2,3)4)34-21-10-12-23-17(13-21)15-30-32(23)20-8-5-18(28)6-9-20/h5-16,25H,1-4H3/t16-,25-/m0/s1. The third-order valence-corrected chi connectivity index (χ3v) is 6.14. The molecule has 0 unspecified atom stereocenters. The van der Waals surface area contributed by atoms with E-state index in [9.17, 15) is 13.6 Å². The largest absolute Gasteiger partial charge is 0.483 e. The fourth-order valence-corrected chi connectivity index (χ4v) is 4.42. The molecule has 5 rings (SSSR count). The zero-order valence-electron chi connectivity index (χ0n) is 19.4. The van der Waals surface area contributed by atoms with Gasteiger partial charge in [0.15, 0.2) is 0 Å². The van der Waals surface area contributed by atoms with Crippen LogP contribution < -0.4 is 9.64 Å². The normalized spacial score (nSPS) is 17.8. The van der Waals surface area contributed by atoms with Crippen molar-refractivity contribution in [1.29, 1.82) is 0 Å². The minimum atomic E-state index is -0.595. The van der Waals surface area contributed by atoms with E-state index >= 15 is 0 Å². The van der Waals surface area contributed by atoms with Crippen molar-refractivity contribution in [3.8, 4) is 11.4 Å². The highest BCUT2D eigenvalue weighted by Gasteiger charge is 2.43. The molecule has 1 aromatic heterocycles. The molecule has 0 saturated heterocycles. The fourth-order valence-electron chi connectivity index (χ4n) is 4.42. The molecule has 174 valence electrons. The third kappa shape index (κ3) is 3.71. The van der Waals surface area contributed by atoms with Crippen molar-refractivity contribution in [2.24, 2.45) is 5.41 Å². The van der Waals surface area contributed by atoms with E-state index in [1.165, 1.54) is 24.3 Å². The van der Waals surface area contributed by atoms with Crippen molar-refractivity contribution in [2.75, 3.05) is 4.90 Å². The van der Waals surface area contributed by atoms with Crippen molar-refractivity contribution in [2.45, 2.75) is 39.8 Å². The van der Waals surface area contributed by atoms with E-state index in [0.717, 1.165) is 16.6 Å². The molecule has 0 radical (unpaired) electrons. The van der Waals surface area contributed by atoms with Gasteiger partial charge in [0.05, 0.1) is 29.1 Å². The minimum Gasteiger partial charge on any atom is -0.483 e. The van der Waals surface area contributed by atoms with Gasteiger partial charge in [-0.15, -0.1) is 0 Å². The number of rotatable bonds is 3. The molecule has 2 atom stereocenters. The van der Waals surface area contributed by atoms with E-state index in [1.54, 1.807) is 34.0 Å². The maximum Gasteiger partial charge on any atom is 0.232 e. The van der Waals surface area contributed by atoms with Gasteiger partial charge < -0.3 is 9.64 Å². The fraction of sp³-hybridized carbons (Fsp3) is 0.259. The summed E-state index contributed by atoms with van der Waals surface area (Å²) in [5, 5.41) is 5.27. The minimum absolute atomic E-state index is 0.0463. The van der Waals surface area contributed by atoms with Gasteiger partial charge in [-0.3, -0.25) is 4.79 Å². The van der Waals surface area contributed by atoms with Gasteiger partial charge in [0.25, 0.3) is 0 Å². The molecule has 1 aliphatic heterocycles. The van der Waals surface area contributed by atoms with Crippen molar-refractivity contribution in [3.05, 3.63) is 84.1 Å². The summed E-state index contributed by atoms with van der Waals surface area (Å²) in [6.07, 6.45) is 1.19. The van der Waals surface area contributed by atoms with E-state index in [4.69, 9.17) is 4.74 Å². The molecular weight excluding hydrogens is 436 g/mol. The first-order valence-corrected chi connectivity index (χ1v) is 11.2. The van der Waals surface area contributed by atoms with Gasteiger partial charge in [-0.25, -0.2) is 13.5 Å². The van der Waals surface area contributed by atoms with Crippen LogP contribution in [0.5, 0.6) is 5.75 Å². The Bertz CT molecular complexity index is 1390. The number of carbonyl (C=O) groups is 1. The Balaban J connectivity index is 1.49. The molecule has 0 N–H and O–H groups in total. The van der Waals surface area contributed by atoms with Gasteiger partial charge in [-0.1, -0.05) is 20.8 Å². The molecule has 7 heteroatoms. The van der Waals surface area contributed by atoms with Crippen LogP contribution >= 0.6 is 0 Å². The second kappa shape index (κ2) is 7.94. The molecule has 0 saturated carbocycles. The van der Waals surface area contributed by atoms with Crippen molar-refractivity contribution in [1.82, 2.24) is 9.78 Å². The smallest absolute Gasteiger partial charge is 0.232 e. The molecule has 2 heterocycles. The number of halogens is 2. The van der Waals surface area contributed by atoms with Gasteiger partial charge in [-0.2, -0.15) is 5.10 Å². The molecule has 1 aliphatic rings. The Hall–Kier alpha value is -3.74. The highest BCUT2D eigenvalue weighted by Crippen LogP contribution is 2.44. The predicted molar refractivity (Wildman–Crippen MR) is 127 cm³/mol. The summed E-state index contributed by atoms with van der Waals surface area (Å²) in [4.78, 5) is 14.9. The van der Waals surface area contributed by atoms with E-state index in [1.807, 2.05) is 45.9 Å². The number of benzene rings is 3. The average Bonchev–Trinajstić information content (AvgIpc) is 3.32. The summed E-state index contributed by atoms with van der Waals surface area (Å²) in [7, 11) is 0. The number of ether oxygens (including phenoxy) is 1. The van der Waals surface area contributed by atoms with E-state index in [2.05, 4.69) is 5.10 Å². The van der Waals surface area contributed by atoms with Crippen LogP contribution in [0.4, 0.5) is 14.5 Å². The molecule has 5 nitrogen and oxygen atoms in total. The summed E-state index contributed by atoms with van der Waals surface area (Å²) in [5.74, 6) is -0.142. The molecule has 0 spiro atoms. The first-order chi connectivity index (χ1) is 16.1. The lowest BCUT2D eigenvalue weighted by atomic mass is 9.94. The summed E-state index contributed by atoms with van der Waals surface area (Å²) in [5.41, 5.74) is 2.31. The number of amides is 1. The second-order valence-electron chi connectivity index (χ2n) is 9.66. The Morgan fingerprint density at radius 1 is 0.971 bits per heavy atom. The maximum atomic E-state index is 14.2. The average molecular weight is 462 g/mol. The summed E-state index contributed by atoms with van der Waals surface area (Å²) in [6.45, 7) is 7.52. The topological polar surface area (TPSA) is 47.4 Å². The summed E-state index contributed by atoms with van der Waals surface area (Å²) >= 11 is 0. The predicted octanol–water partition coefficient (Wildman–Crippen LogP) is 6.21. The SMILES string of the molecule is C[C@H]1[C@H](Oc2ccc3c(cnn3-c3ccc(F)cc3)c2)c2cc(F)ccc2N1C(=O)C(C)(C)C. The zero-order valence-corrected chi connectivity index (χ0v) is 19.4. The van der Waals surface area contributed by atoms with Crippen LogP contribution in [0.1, 0.15) is 39.4 Å².